The molecule has 0 unspecified atom stereocenters. The molecule has 0 aromatic carbocycles. The maximum atomic E-state index is 13.7. The van der Waals surface area contributed by atoms with Gasteiger partial charge in [0.2, 0.25) is 0 Å². The second-order valence-corrected chi connectivity index (χ2v) is 6.00. The number of H-pyrrole nitrogens is 1. The summed E-state index contributed by atoms with van der Waals surface area (Å²) in [5.41, 5.74) is 1.45. The first kappa shape index (κ1) is 13.5. The molecule has 2 fully saturated rings. The Kier molecular flexibility index (Phi) is 3.18. The average molecular weight is 300 g/mol. The molecule has 2 bridgehead atoms. The molecule has 2 aromatic rings. The molecule has 2 aliphatic heterocycles. The minimum atomic E-state index is -0.409. The summed E-state index contributed by atoms with van der Waals surface area (Å²) in [7, 11) is 0. The molecule has 5 nitrogen and oxygen atoms in total. The van der Waals surface area contributed by atoms with Crippen molar-refractivity contribution in [2.45, 2.75) is 37.4 Å². The van der Waals surface area contributed by atoms with Crippen LogP contribution in [0.1, 0.15) is 29.8 Å². The van der Waals surface area contributed by atoms with Crippen LogP contribution in [-0.4, -0.2) is 34.0 Å². The number of aromatic nitrogens is 2. The lowest BCUT2D eigenvalue weighted by Gasteiger charge is -2.21. The van der Waals surface area contributed by atoms with Gasteiger partial charge in [-0.2, -0.15) is 0 Å². The van der Waals surface area contributed by atoms with Gasteiger partial charge in [0.05, 0.1) is 6.20 Å². The first-order chi connectivity index (χ1) is 10.7. The number of pyridine rings is 1. The van der Waals surface area contributed by atoms with Gasteiger partial charge in [-0.25, -0.2) is 4.39 Å². The predicted molar refractivity (Wildman–Crippen MR) is 79.8 cm³/mol. The third-order valence-electron chi connectivity index (χ3n) is 4.61. The normalized spacial score (nSPS) is 26.3. The van der Waals surface area contributed by atoms with Crippen molar-refractivity contribution in [1.29, 1.82) is 0 Å². The molecule has 2 aliphatic rings. The van der Waals surface area contributed by atoms with Gasteiger partial charge in [0.1, 0.15) is 5.69 Å². The third-order valence-corrected chi connectivity index (χ3v) is 4.61. The van der Waals surface area contributed by atoms with Crippen LogP contribution in [0.3, 0.4) is 0 Å². The van der Waals surface area contributed by atoms with Crippen molar-refractivity contribution in [3.63, 3.8) is 0 Å². The maximum absolute atomic E-state index is 13.7. The minimum Gasteiger partial charge on any atom is -0.350 e. The van der Waals surface area contributed by atoms with Crippen LogP contribution in [0.4, 0.5) is 4.39 Å². The van der Waals surface area contributed by atoms with Crippen molar-refractivity contribution in [2.75, 3.05) is 0 Å². The second kappa shape index (κ2) is 5.21. The van der Waals surface area contributed by atoms with Gasteiger partial charge in [-0.1, -0.05) is 0 Å². The van der Waals surface area contributed by atoms with E-state index in [-0.39, 0.29) is 11.9 Å². The lowest BCUT2D eigenvalue weighted by atomic mass is 9.95. The van der Waals surface area contributed by atoms with Crippen LogP contribution in [-0.2, 0) is 0 Å². The summed E-state index contributed by atoms with van der Waals surface area (Å²) in [6.07, 6.45) is 6.00. The van der Waals surface area contributed by atoms with E-state index in [4.69, 9.17) is 0 Å². The fourth-order valence-corrected chi connectivity index (χ4v) is 3.51. The van der Waals surface area contributed by atoms with Gasteiger partial charge < -0.3 is 15.6 Å². The largest absolute Gasteiger partial charge is 0.350 e. The second-order valence-electron chi connectivity index (χ2n) is 6.00. The Morgan fingerprint density at radius 2 is 2.23 bits per heavy atom. The van der Waals surface area contributed by atoms with Crippen molar-refractivity contribution < 1.29 is 9.18 Å². The van der Waals surface area contributed by atoms with Gasteiger partial charge in [0, 0.05) is 35.6 Å². The van der Waals surface area contributed by atoms with Crippen LogP contribution in [0.15, 0.2) is 30.6 Å². The van der Waals surface area contributed by atoms with Crippen LogP contribution < -0.4 is 10.6 Å². The number of amides is 1. The zero-order chi connectivity index (χ0) is 15.1. The minimum absolute atomic E-state index is 0.139. The molecule has 3 atom stereocenters. The molecule has 0 aliphatic carbocycles. The third kappa shape index (κ3) is 2.29. The maximum Gasteiger partial charge on any atom is 0.267 e. The predicted octanol–water partition coefficient (Wildman–Crippen LogP) is 1.84. The van der Waals surface area contributed by atoms with E-state index >= 15 is 0 Å². The molecule has 22 heavy (non-hydrogen) atoms. The number of rotatable bonds is 3. The first-order valence-electron chi connectivity index (χ1n) is 7.56. The molecular formula is C16H17FN4O. The first-order valence-corrected chi connectivity index (χ1v) is 7.56. The Labute approximate surface area is 127 Å². The van der Waals surface area contributed by atoms with Crippen molar-refractivity contribution in [3.05, 3.63) is 42.1 Å². The van der Waals surface area contributed by atoms with Gasteiger partial charge in [0.25, 0.3) is 5.91 Å². The molecular weight excluding hydrogens is 283 g/mol. The Bertz CT molecular complexity index is 714. The average Bonchev–Trinajstić information content (AvgIpc) is 3.24. The number of fused-ring (bicyclic) bond motifs is 2. The highest BCUT2D eigenvalue weighted by Gasteiger charge is 2.39. The fraction of sp³-hybridized carbons (Fsp3) is 0.375. The molecule has 2 saturated heterocycles. The summed E-state index contributed by atoms with van der Waals surface area (Å²) in [5.74, 6) is -0.548. The van der Waals surface area contributed by atoms with Gasteiger partial charge >= 0.3 is 0 Å². The van der Waals surface area contributed by atoms with Crippen LogP contribution in [0.25, 0.3) is 11.3 Å². The zero-order valence-corrected chi connectivity index (χ0v) is 12.0. The Hall–Kier alpha value is -2.21. The van der Waals surface area contributed by atoms with E-state index in [1.165, 1.54) is 12.6 Å². The number of nitrogens with one attached hydrogen (secondary N) is 3. The zero-order valence-electron chi connectivity index (χ0n) is 12.0. The van der Waals surface area contributed by atoms with Gasteiger partial charge in [-0.15, -0.1) is 0 Å². The van der Waals surface area contributed by atoms with Crippen molar-refractivity contribution >= 4 is 5.91 Å². The number of halogens is 1. The van der Waals surface area contributed by atoms with Crippen LogP contribution >= 0.6 is 0 Å². The van der Waals surface area contributed by atoms with Crippen molar-refractivity contribution in [2.24, 2.45) is 0 Å². The molecule has 1 amide bonds. The molecule has 0 spiro atoms. The molecule has 2 aromatic heterocycles. The molecule has 6 heteroatoms. The Balaban J connectivity index is 1.49. The number of carbonyl (C=O) groups excluding carboxylic acids is 1. The smallest absolute Gasteiger partial charge is 0.267 e. The fourth-order valence-electron chi connectivity index (χ4n) is 3.51. The monoisotopic (exact) mass is 300 g/mol. The summed E-state index contributed by atoms with van der Waals surface area (Å²) < 4.78 is 13.7. The summed E-state index contributed by atoms with van der Waals surface area (Å²) in [5, 5.41) is 6.56. The van der Waals surface area contributed by atoms with Crippen LogP contribution in [0, 0.1) is 5.82 Å². The summed E-state index contributed by atoms with van der Waals surface area (Å²) >= 11 is 0. The highest BCUT2D eigenvalue weighted by Crippen LogP contribution is 2.28. The number of carbonyl (C=O) groups is 1. The Morgan fingerprint density at radius 3 is 2.95 bits per heavy atom. The number of nitrogens with zero attached hydrogens (tertiary/aromatic N) is 1. The molecule has 3 N–H and O–H groups in total. The highest BCUT2D eigenvalue weighted by atomic mass is 19.1. The quantitative estimate of drug-likeness (QED) is 0.810. The van der Waals surface area contributed by atoms with E-state index in [2.05, 4.69) is 20.6 Å². The molecule has 0 saturated carbocycles. The van der Waals surface area contributed by atoms with E-state index in [0.29, 0.717) is 29.0 Å². The lowest BCUT2D eigenvalue weighted by Crippen LogP contribution is -2.43. The Morgan fingerprint density at radius 1 is 1.32 bits per heavy atom. The van der Waals surface area contributed by atoms with Crippen molar-refractivity contribution in [1.82, 2.24) is 20.6 Å². The summed E-state index contributed by atoms with van der Waals surface area (Å²) in [6.45, 7) is 0. The van der Waals surface area contributed by atoms with E-state index in [0.717, 1.165) is 19.0 Å². The SMILES string of the molecule is O=C(N[C@@H]1C[C@H]2CC[C@@H]1N2)c1ccc(-c2ccncc2F)[nH]1. The highest BCUT2D eigenvalue weighted by molar-refractivity contribution is 5.93. The van der Waals surface area contributed by atoms with E-state index < -0.39 is 5.82 Å². The van der Waals surface area contributed by atoms with Gasteiger partial charge in [0.15, 0.2) is 5.82 Å². The number of aromatic amines is 1. The van der Waals surface area contributed by atoms with E-state index in [1.807, 2.05) is 0 Å². The van der Waals surface area contributed by atoms with E-state index in [1.54, 1.807) is 18.2 Å². The standard InChI is InChI=1S/C16H17FN4O/c17-11-8-18-6-5-10(11)12-3-4-14(20-12)16(22)21-15-7-9-1-2-13(15)19-9/h3-6,8-9,13,15,19-20H,1-2,7H2,(H,21,22)/t9-,13+,15-/m1/s1. The van der Waals surface area contributed by atoms with E-state index in [9.17, 15) is 9.18 Å². The number of hydrogen-bond donors (Lipinski definition) is 3. The van der Waals surface area contributed by atoms with Crippen molar-refractivity contribution in [3.8, 4) is 11.3 Å². The van der Waals surface area contributed by atoms with Crippen LogP contribution in [0.2, 0.25) is 0 Å². The van der Waals surface area contributed by atoms with Crippen LogP contribution in [0.5, 0.6) is 0 Å². The molecule has 114 valence electrons. The van der Waals surface area contributed by atoms with Gasteiger partial charge in [-0.3, -0.25) is 9.78 Å². The van der Waals surface area contributed by atoms with Gasteiger partial charge in [-0.05, 0) is 37.5 Å². The summed E-state index contributed by atoms with van der Waals surface area (Å²) in [6, 6.07) is 6.11. The lowest BCUT2D eigenvalue weighted by molar-refractivity contribution is 0.0926. The summed E-state index contributed by atoms with van der Waals surface area (Å²) in [4.78, 5) is 19.0. The molecule has 0 radical (unpaired) electrons. The molecule has 4 heterocycles. The number of hydrogen-bond acceptors (Lipinski definition) is 3. The molecule has 4 rings (SSSR count). The topological polar surface area (TPSA) is 69.8 Å².